The zero-order chi connectivity index (χ0) is 32.5. The number of rotatable bonds is 7. The maximum absolute atomic E-state index is 14.6. The van der Waals surface area contributed by atoms with Crippen molar-refractivity contribution in [1.29, 1.82) is 0 Å². The Balaban J connectivity index is 1.63. The Morgan fingerprint density at radius 2 is 1.80 bits per heavy atom. The lowest BCUT2D eigenvalue weighted by molar-refractivity contribution is -0.164. The molecule has 0 bridgehead atoms. The summed E-state index contributed by atoms with van der Waals surface area (Å²) in [6.07, 6.45) is 8.37. The quantitative estimate of drug-likeness (QED) is 0.367. The van der Waals surface area contributed by atoms with Crippen molar-refractivity contribution < 1.29 is 33.8 Å². The van der Waals surface area contributed by atoms with Crippen molar-refractivity contribution >= 4 is 23.7 Å². The number of hydrogen-bond acceptors (Lipinski definition) is 7. The van der Waals surface area contributed by atoms with Crippen LogP contribution in [0.2, 0.25) is 0 Å². The van der Waals surface area contributed by atoms with Crippen LogP contribution in [-0.2, 0) is 28.7 Å². The molecule has 10 nitrogen and oxygen atoms in total. The van der Waals surface area contributed by atoms with E-state index in [4.69, 9.17) is 9.47 Å². The van der Waals surface area contributed by atoms with Crippen molar-refractivity contribution in [2.75, 3.05) is 20.2 Å². The molecule has 4 aliphatic rings. The van der Waals surface area contributed by atoms with Crippen LogP contribution in [0.3, 0.4) is 0 Å². The van der Waals surface area contributed by atoms with E-state index in [1.165, 1.54) is 4.90 Å². The van der Waals surface area contributed by atoms with Gasteiger partial charge in [0, 0.05) is 26.1 Å². The van der Waals surface area contributed by atoms with Crippen LogP contribution in [-0.4, -0.2) is 99.6 Å². The van der Waals surface area contributed by atoms with Crippen LogP contribution in [0.15, 0.2) is 54.6 Å². The molecule has 4 heterocycles. The average molecular weight is 622 g/mol. The molecule has 0 radical (unpaired) electrons. The Morgan fingerprint density at radius 1 is 1.07 bits per heavy atom. The Morgan fingerprint density at radius 3 is 2.47 bits per heavy atom. The molecule has 2 fully saturated rings. The van der Waals surface area contributed by atoms with Crippen molar-refractivity contribution in [3.05, 3.63) is 60.2 Å². The second kappa shape index (κ2) is 13.5. The Labute approximate surface area is 266 Å². The highest BCUT2D eigenvalue weighted by molar-refractivity contribution is 5.99. The minimum atomic E-state index is -1.43. The summed E-state index contributed by atoms with van der Waals surface area (Å²) in [5, 5.41) is 10.4. The van der Waals surface area contributed by atoms with E-state index < -0.39 is 59.6 Å². The molecule has 0 saturated carbocycles. The summed E-state index contributed by atoms with van der Waals surface area (Å²) in [5.74, 6) is -3.44. The van der Waals surface area contributed by atoms with Gasteiger partial charge in [0.1, 0.15) is 23.7 Å². The van der Waals surface area contributed by atoms with E-state index in [0.29, 0.717) is 19.4 Å². The fourth-order valence-electron chi connectivity index (χ4n) is 7.62. The van der Waals surface area contributed by atoms with Crippen LogP contribution >= 0.6 is 0 Å². The third kappa shape index (κ3) is 5.71. The van der Waals surface area contributed by atoms with Crippen LogP contribution in [0.4, 0.5) is 0 Å². The zero-order valence-corrected chi connectivity index (χ0v) is 27.0. The largest absolute Gasteiger partial charge is 0.455 e. The fraction of sp³-hybridized carbons (Fsp3) is 0.600. The minimum absolute atomic E-state index is 0.0744. The van der Waals surface area contributed by atoms with Crippen molar-refractivity contribution in [2.45, 2.75) is 102 Å². The molecular weight excluding hydrogens is 574 g/mol. The van der Waals surface area contributed by atoms with Gasteiger partial charge < -0.3 is 29.3 Å². The molecule has 4 aliphatic heterocycles. The van der Waals surface area contributed by atoms with E-state index in [1.807, 2.05) is 69.3 Å². The number of fused-ring (bicyclic) bond motifs is 2. The summed E-state index contributed by atoms with van der Waals surface area (Å²) in [6.45, 7) is 7.80. The molecule has 0 aromatic heterocycles. The molecule has 3 amide bonds. The van der Waals surface area contributed by atoms with E-state index >= 15 is 0 Å². The van der Waals surface area contributed by atoms with Crippen LogP contribution in [0.25, 0.3) is 0 Å². The van der Waals surface area contributed by atoms with E-state index in [1.54, 1.807) is 22.9 Å². The van der Waals surface area contributed by atoms with Gasteiger partial charge in [0.2, 0.25) is 17.7 Å². The van der Waals surface area contributed by atoms with Gasteiger partial charge in [-0.2, -0.15) is 0 Å². The van der Waals surface area contributed by atoms with Gasteiger partial charge in [-0.3, -0.25) is 19.2 Å². The number of nitrogens with zero attached hydrogens (tertiary/aromatic N) is 3. The lowest BCUT2D eigenvalue weighted by atomic mass is 9.77. The number of cyclic esters (lactones) is 1. The molecule has 1 spiro atoms. The minimum Gasteiger partial charge on any atom is -0.455 e. The predicted molar refractivity (Wildman–Crippen MR) is 167 cm³/mol. The highest BCUT2D eigenvalue weighted by Gasteiger charge is 2.72. The van der Waals surface area contributed by atoms with Crippen molar-refractivity contribution in [3.63, 3.8) is 0 Å². The molecule has 1 aromatic rings. The third-order valence-corrected chi connectivity index (χ3v) is 10.2. The van der Waals surface area contributed by atoms with Gasteiger partial charge >= 0.3 is 5.97 Å². The average Bonchev–Trinajstić information content (AvgIpc) is 3.42. The van der Waals surface area contributed by atoms with Crippen LogP contribution < -0.4 is 0 Å². The molecule has 10 heteroatoms. The van der Waals surface area contributed by atoms with Gasteiger partial charge in [-0.25, -0.2) is 0 Å². The molecule has 1 aromatic carbocycles. The predicted octanol–water partition coefficient (Wildman–Crippen LogP) is 3.41. The number of hydrogen-bond donors (Lipinski definition) is 1. The Hall–Kier alpha value is -3.50. The first kappa shape index (κ1) is 32.9. The number of benzene rings is 1. The number of ether oxygens (including phenoxy) is 2. The van der Waals surface area contributed by atoms with Crippen molar-refractivity contribution in [3.8, 4) is 0 Å². The van der Waals surface area contributed by atoms with Gasteiger partial charge in [-0.15, -0.1) is 0 Å². The molecule has 5 rings (SSSR count). The standard InChI is InChI=1S/C35H47N3O7/c1-6-14-22(3)37-20-13-19-35-29(32(41)38(25(7-2)21-39)31(35)33(37)42)28-26(45-35)17-11-12-18-27(40)36(5)23(4)30(44-34(28)43)24-15-9-8-10-16-24/h8-11,13,15-17,19,22-23,25-26,28-31,39H,6-7,12,14,18,20-21H2,1-5H3/b17-11-/t22?,23-,25+,26-,28+,29+,30+,31-,35+/m1/s1. The van der Waals surface area contributed by atoms with E-state index in [9.17, 15) is 24.3 Å². The van der Waals surface area contributed by atoms with Gasteiger partial charge in [0.05, 0.1) is 30.7 Å². The summed E-state index contributed by atoms with van der Waals surface area (Å²) in [7, 11) is 1.71. The molecule has 1 unspecified atom stereocenters. The second-order valence-electron chi connectivity index (χ2n) is 12.8. The number of carbonyl (C=O) groups excluding carboxylic acids is 4. The third-order valence-electron chi connectivity index (χ3n) is 10.2. The van der Waals surface area contributed by atoms with Crippen molar-refractivity contribution in [2.24, 2.45) is 11.8 Å². The topological polar surface area (TPSA) is 117 Å². The summed E-state index contributed by atoms with van der Waals surface area (Å²) in [5.41, 5.74) is -0.707. The van der Waals surface area contributed by atoms with Gasteiger partial charge in [-0.05, 0) is 38.7 Å². The number of allylic oxidation sites excluding steroid dienone is 1. The van der Waals surface area contributed by atoms with E-state index in [-0.39, 0.29) is 30.9 Å². The number of aliphatic hydroxyl groups is 1. The Bertz CT molecular complexity index is 1330. The molecule has 0 aliphatic carbocycles. The highest BCUT2D eigenvalue weighted by Crippen LogP contribution is 2.54. The number of likely N-dealkylation sites (N-methyl/N-ethyl adjacent to an activating group) is 1. The molecule has 45 heavy (non-hydrogen) atoms. The van der Waals surface area contributed by atoms with Gasteiger partial charge in [0.25, 0.3) is 0 Å². The first-order valence-corrected chi connectivity index (χ1v) is 16.4. The molecular formula is C35H47N3O7. The lowest BCUT2D eigenvalue weighted by Crippen LogP contribution is -2.59. The summed E-state index contributed by atoms with van der Waals surface area (Å²) < 4.78 is 13.1. The van der Waals surface area contributed by atoms with E-state index in [0.717, 1.165) is 18.4 Å². The van der Waals surface area contributed by atoms with E-state index in [2.05, 4.69) is 6.92 Å². The molecule has 244 valence electrons. The smallest absolute Gasteiger partial charge is 0.313 e. The van der Waals surface area contributed by atoms with Gasteiger partial charge in [0.15, 0.2) is 0 Å². The second-order valence-corrected chi connectivity index (χ2v) is 12.8. The number of amides is 3. The maximum atomic E-state index is 14.6. The number of esters is 1. The number of carbonyl (C=O) groups is 4. The fourth-order valence-corrected chi connectivity index (χ4v) is 7.62. The monoisotopic (exact) mass is 621 g/mol. The zero-order valence-electron chi connectivity index (χ0n) is 27.0. The summed E-state index contributed by atoms with van der Waals surface area (Å²) in [6, 6.07) is 7.04. The summed E-state index contributed by atoms with van der Waals surface area (Å²) in [4.78, 5) is 61.5. The SMILES string of the molecule is CCCC(C)N1CC=C[C@]23O[C@@H]4/C=C\CCC(=O)N(C)[C@H](C)[C@@H](c5ccccc5)OC(=O)[C@@H]4[C@H]2C(=O)N([C@@H](CC)CO)[C@@H]3C1=O. The highest BCUT2D eigenvalue weighted by atomic mass is 16.6. The van der Waals surface area contributed by atoms with Crippen molar-refractivity contribution in [1.82, 2.24) is 14.7 Å². The van der Waals surface area contributed by atoms with Crippen LogP contribution in [0, 0.1) is 11.8 Å². The normalized spacial score (nSPS) is 34.2. The first-order chi connectivity index (χ1) is 21.6. The number of aliphatic hydroxyl groups excluding tert-OH is 1. The molecule has 9 atom stereocenters. The maximum Gasteiger partial charge on any atom is 0.313 e. The van der Waals surface area contributed by atoms with Crippen LogP contribution in [0.1, 0.15) is 71.5 Å². The lowest BCUT2D eigenvalue weighted by Gasteiger charge is -2.39. The Kier molecular flexibility index (Phi) is 9.84. The molecule has 2 saturated heterocycles. The van der Waals surface area contributed by atoms with Crippen LogP contribution in [0.5, 0.6) is 0 Å². The summed E-state index contributed by atoms with van der Waals surface area (Å²) >= 11 is 0. The number of likely N-dealkylation sites (tertiary alicyclic amines) is 1. The molecule has 1 N–H and O–H groups in total. The van der Waals surface area contributed by atoms with Gasteiger partial charge in [-0.1, -0.05) is 74.9 Å². The first-order valence-electron chi connectivity index (χ1n) is 16.4.